The van der Waals surface area contributed by atoms with Crippen molar-refractivity contribution >= 4 is 33.0 Å². The Bertz CT molecular complexity index is 531. The number of anilines is 1. The Balaban J connectivity index is 1.87. The third kappa shape index (κ3) is 2.47. The van der Waals surface area contributed by atoms with Gasteiger partial charge in [0.2, 0.25) is 0 Å². The first-order valence-electron chi connectivity index (χ1n) is 6.31. The number of hydrogen-bond acceptors (Lipinski definition) is 2. The van der Waals surface area contributed by atoms with E-state index in [9.17, 15) is 0 Å². The van der Waals surface area contributed by atoms with E-state index in [2.05, 4.69) is 63.9 Å². The van der Waals surface area contributed by atoms with Gasteiger partial charge in [-0.2, -0.15) is 0 Å². The summed E-state index contributed by atoms with van der Waals surface area (Å²) in [5, 5.41) is 5.90. The van der Waals surface area contributed by atoms with Crippen molar-refractivity contribution in [3.8, 4) is 0 Å². The zero-order valence-corrected chi connectivity index (χ0v) is 12.7. The standard InChI is InChI=1S/C15H16BrNS/c1-10-12(16)4-2-5-13(10)17-15(11-7-8-11)14-6-3-9-18-14/h2-6,9,11,15,17H,7-8H2,1H3. The number of thiophene rings is 1. The molecule has 94 valence electrons. The summed E-state index contributed by atoms with van der Waals surface area (Å²) in [5.74, 6) is 0.807. The zero-order valence-electron chi connectivity index (χ0n) is 10.3. The highest BCUT2D eigenvalue weighted by Gasteiger charge is 2.33. The first kappa shape index (κ1) is 12.2. The smallest absolute Gasteiger partial charge is 0.0634 e. The molecule has 0 amide bonds. The summed E-state index contributed by atoms with van der Waals surface area (Å²) in [6.45, 7) is 2.16. The summed E-state index contributed by atoms with van der Waals surface area (Å²) >= 11 is 5.45. The Morgan fingerprint density at radius 1 is 1.28 bits per heavy atom. The Morgan fingerprint density at radius 2 is 2.11 bits per heavy atom. The number of nitrogens with one attached hydrogen (secondary N) is 1. The average molecular weight is 322 g/mol. The second-order valence-corrected chi connectivity index (χ2v) is 6.72. The Kier molecular flexibility index (Phi) is 3.44. The molecule has 1 aliphatic carbocycles. The lowest BCUT2D eigenvalue weighted by Crippen LogP contribution is -2.12. The van der Waals surface area contributed by atoms with Gasteiger partial charge in [-0.05, 0) is 54.8 Å². The highest BCUT2D eigenvalue weighted by atomic mass is 79.9. The Hall–Kier alpha value is -0.800. The first-order valence-corrected chi connectivity index (χ1v) is 7.98. The molecule has 1 nitrogen and oxygen atoms in total. The molecule has 3 heteroatoms. The van der Waals surface area contributed by atoms with Crippen LogP contribution in [0, 0.1) is 12.8 Å². The summed E-state index contributed by atoms with van der Waals surface area (Å²) in [4.78, 5) is 1.46. The predicted molar refractivity (Wildman–Crippen MR) is 82.3 cm³/mol. The SMILES string of the molecule is Cc1c(Br)cccc1NC(c1cccs1)C1CC1. The van der Waals surface area contributed by atoms with Gasteiger partial charge < -0.3 is 5.32 Å². The van der Waals surface area contributed by atoms with E-state index >= 15 is 0 Å². The molecule has 0 radical (unpaired) electrons. The van der Waals surface area contributed by atoms with Crippen LogP contribution in [0.15, 0.2) is 40.2 Å². The van der Waals surface area contributed by atoms with Crippen molar-refractivity contribution in [2.24, 2.45) is 5.92 Å². The van der Waals surface area contributed by atoms with Gasteiger partial charge in [0.15, 0.2) is 0 Å². The van der Waals surface area contributed by atoms with Crippen LogP contribution in [0.2, 0.25) is 0 Å². The molecule has 1 N–H and O–H groups in total. The van der Waals surface area contributed by atoms with E-state index < -0.39 is 0 Å². The zero-order chi connectivity index (χ0) is 12.5. The molecule has 1 aliphatic rings. The lowest BCUT2D eigenvalue weighted by Gasteiger charge is -2.20. The van der Waals surface area contributed by atoms with Crippen molar-refractivity contribution in [1.82, 2.24) is 0 Å². The predicted octanol–water partition coefficient (Wildman–Crippen LogP) is 5.38. The number of rotatable bonds is 4. The van der Waals surface area contributed by atoms with Crippen LogP contribution in [0.25, 0.3) is 0 Å². The molecule has 3 rings (SSSR count). The molecule has 0 bridgehead atoms. The molecular weight excluding hydrogens is 306 g/mol. The van der Waals surface area contributed by atoms with E-state index in [0.29, 0.717) is 6.04 Å². The van der Waals surface area contributed by atoms with Gasteiger partial charge >= 0.3 is 0 Å². The van der Waals surface area contributed by atoms with Gasteiger partial charge in [0, 0.05) is 15.0 Å². The summed E-state index contributed by atoms with van der Waals surface area (Å²) in [7, 11) is 0. The maximum absolute atomic E-state index is 3.73. The van der Waals surface area contributed by atoms with Crippen molar-refractivity contribution in [1.29, 1.82) is 0 Å². The van der Waals surface area contributed by atoms with Crippen molar-refractivity contribution in [2.45, 2.75) is 25.8 Å². The molecule has 2 aromatic rings. The van der Waals surface area contributed by atoms with Crippen molar-refractivity contribution in [2.75, 3.05) is 5.32 Å². The van der Waals surface area contributed by atoms with E-state index in [0.717, 1.165) is 5.92 Å². The molecule has 0 saturated heterocycles. The third-order valence-electron chi connectivity index (χ3n) is 3.52. The first-order chi connectivity index (χ1) is 8.75. The second kappa shape index (κ2) is 5.06. The minimum atomic E-state index is 0.484. The van der Waals surface area contributed by atoms with Crippen LogP contribution < -0.4 is 5.32 Å². The van der Waals surface area contributed by atoms with Crippen LogP contribution in [0.1, 0.15) is 29.3 Å². The van der Waals surface area contributed by atoms with Crippen molar-refractivity contribution in [3.63, 3.8) is 0 Å². The molecule has 0 spiro atoms. The molecule has 1 aromatic carbocycles. The van der Waals surface area contributed by atoms with Gasteiger partial charge in [0.05, 0.1) is 6.04 Å². The molecule has 1 aromatic heterocycles. The fraction of sp³-hybridized carbons (Fsp3) is 0.333. The van der Waals surface area contributed by atoms with Crippen molar-refractivity contribution in [3.05, 3.63) is 50.6 Å². The summed E-state index contributed by atoms with van der Waals surface area (Å²) in [5.41, 5.74) is 2.54. The van der Waals surface area contributed by atoms with Crippen LogP contribution in [0.3, 0.4) is 0 Å². The lowest BCUT2D eigenvalue weighted by molar-refractivity contribution is 0.690. The summed E-state index contributed by atoms with van der Waals surface area (Å²) in [6.07, 6.45) is 2.70. The maximum atomic E-state index is 3.73. The fourth-order valence-electron chi connectivity index (χ4n) is 2.25. The molecule has 1 unspecified atom stereocenters. The van der Waals surface area contributed by atoms with Gasteiger partial charge in [-0.3, -0.25) is 0 Å². The third-order valence-corrected chi connectivity index (χ3v) is 5.34. The van der Waals surface area contributed by atoms with Crippen LogP contribution >= 0.6 is 27.3 Å². The number of benzene rings is 1. The van der Waals surface area contributed by atoms with Gasteiger partial charge in [0.1, 0.15) is 0 Å². The van der Waals surface area contributed by atoms with E-state index in [1.807, 2.05) is 11.3 Å². The molecule has 18 heavy (non-hydrogen) atoms. The Morgan fingerprint density at radius 3 is 2.78 bits per heavy atom. The van der Waals surface area contributed by atoms with Crippen molar-refractivity contribution < 1.29 is 0 Å². The van der Waals surface area contributed by atoms with E-state index in [4.69, 9.17) is 0 Å². The van der Waals surface area contributed by atoms with Gasteiger partial charge in [-0.25, -0.2) is 0 Å². The minimum Gasteiger partial charge on any atom is -0.377 e. The fourth-order valence-corrected chi connectivity index (χ4v) is 3.49. The molecule has 0 aliphatic heterocycles. The van der Waals surface area contributed by atoms with Gasteiger partial charge in [-0.15, -0.1) is 11.3 Å². The highest BCUT2D eigenvalue weighted by molar-refractivity contribution is 9.10. The molecule has 1 saturated carbocycles. The van der Waals surface area contributed by atoms with Crippen LogP contribution in [-0.4, -0.2) is 0 Å². The summed E-state index contributed by atoms with van der Waals surface area (Å²) in [6, 6.07) is 11.2. The van der Waals surface area contributed by atoms with Crippen LogP contribution in [0.5, 0.6) is 0 Å². The van der Waals surface area contributed by atoms with Crippen LogP contribution in [-0.2, 0) is 0 Å². The average Bonchev–Trinajstić information content (AvgIpc) is 3.06. The van der Waals surface area contributed by atoms with E-state index in [1.54, 1.807) is 0 Å². The summed E-state index contributed by atoms with van der Waals surface area (Å²) < 4.78 is 1.17. The second-order valence-electron chi connectivity index (χ2n) is 4.89. The largest absolute Gasteiger partial charge is 0.377 e. The number of hydrogen-bond donors (Lipinski definition) is 1. The normalized spacial score (nSPS) is 16.6. The van der Waals surface area contributed by atoms with Crippen LogP contribution in [0.4, 0.5) is 5.69 Å². The minimum absolute atomic E-state index is 0.484. The topological polar surface area (TPSA) is 12.0 Å². The molecular formula is C15H16BrNS. The highest BCUT2D eigenvalue weighted by Crippen LogP contribution is 2.44. The maximum Gasteiger partial charge on any atom is 0.0634 e. The van der Waals surface area contributed by atoms with E-state index in [-0.39, 0.29) is 0 Å². The lowest BCUT2D eigenvalue weighted by atomic mass is 10.1. The quantitative estimate of drug-likeness (QED) is 0.796. The number of halogens is 1. The molecule has 1 heterocycles. The monoisotopic (exact) mass is 321 g/mol. The molecule has 1 fully saturated rings. The van der Waals surface area contributed by atoms with Gasteiger partial charge in [0.25, 0.3) is 0 Å². The van der Waals surface area contributed by atoms with Gasteiger partial charge in [-0.1, -0.05) is 28.1 Å². The Labute approximate surface area is 120 Å². The molecule has 1 atom stereocenters. The van der Waals surface area contributed by atoms with E-state index in [1.165, 1.54) is 33.4 Å².